The fourth-order valence-corrected chi connectivity index (χ4v) is 2.72. The number of rotatable bonds is 6. The molecule has 1 unspecified atom stereocenters. The van der Waals surface area contributed by atoms with Crippen molar-refractivity contribution >= 4 is 0 Å². The predicted octanol–water partition coefficient (Wildman–Crippen LogP) is 3.03. The van der Waals surface area contributed by atoms with Crippen LogP contribution < -0.4 is 5.32 Å². The molecule has 1 rings (SSSR count). The van der Waals surface area contributed by atoms with Crippen LogP contribution in [0.5, 0.6) is 0 Å². The lowest BCUT2D eigenvalue weighted by molar-refractivity contribution is 0.102. The number of unbranched alkanes of at least 4 members (excludes halogenated alkanes) is 1. The number of hydrogen-bond acceptors (Lipinski definition) is 2. The molecule has 0 amide bonds. The van der Waals surface area contributed by atoms with E-state index in [9.17, 15) is 0 Å². The van der Waals surface area contributed by atoms with Gasteiger partial charge in [-0.15, -0.1) is 0 Å². The van der Waals surface area contributed by atoms with Crippen LogP contribution in [0, 0.1) is 0 Å². The molecule has 2 nitrogen and oxygen atoms in total. The predicted molar refractivity (Wildman–Crippen MR) is 71.9 cm³/mol. The second-order valence-electron chi connectivity index (χ2n) is 5.55. The maximum Gasteiger partial charge on any atom is 0.0174 e. The van der Waals surface area contributed by atoms with Gasteiger partial charge >= 0.3 is 0 Å². The van der Waals surface area contributed by atoms with E-state index in [0.29, 0.717) is 5.54 Å². The first-order valence-electron chi connectivity index (χ1n) is 7.08. The highest BCUT2D eigenvalue weighted by molar-refractivity contribution is 4.89. The van der Waals surface area contributed by atoms with E-state index in [-0.39, 0.29) is 0 Å². The third-order valence-corrected chi connectivity index (χ3v) is 4.38. The average molecular weight is 226 g/mol. The summed E-state index contributed by atoms with van der Waals surface area (Å²) in [5.41, 5.74) is 0.388. The Bertz CT molecular complexity index is 183. The number of piperidine rings is 1. The minimum atomic E-state index is 0.388. The summed E-state index contributed by atoms with van der Waals surface area (Å²) in [6.07, 6.45) is 8.02. The van der Waals surface area contributed by atoms with Crippen molar-refractivity contribution in [3.05, 3.63) is 0 Å². The normalized spacial score (nSPS) is 23.2. The summed E-state index contributed by atoms with van der Waals surface area (Å²) in [6, 6.07) is 0.835. The van der Waals surface area contributed by atoms with E-state index in [2.05, 4.69) is 38.0 Å². The molecule has 1 aliphatic heterocycles. The minimum absolute atomic E-state index is 0.388. The molecule has 1 saturated heterocycles. The van der Waals surface area contributed by atoms with Crippen molar-refractivity contribution < 1.29 is 0 Å². The van der Waals surface area contributed by atoms with Gasteiger partial charge in [0.1, 0.15) is 0 Å². The number of hydrogen-bond donors (Lipinski definition) is 1. The molecule has 0 aromatic heterocycles. The van der Waals surface area contributed by atoms with Gasteiger partial charge in [-0.2, -0.15) is 0 Å². The lowest BCUT2D eigenvalue weighted by Gasteiger charge is -2.42. The largest absolute Gasteiger partial charge is 0.314 e. The molecule has 1 atom stereocenters. The molecule has 16 heavy (non-hydrogen) atoms. The molecule has 1 N–H and O–H groups in total. The van der Waals surface area contributed by atoms with Crippen molar-refractivity contribution in [2.45, 2.75) is 70.9 Å². The van der Waals surface area contributed by atoms with Gasteiger partial charge in [0.05, 0.1) is 0 Å². The monoisotopic (exact) mass is 226 g/mol. The van der Waals surface area contributed by atoms with Crippen LogP contribution in [0.4, 0.5) is 0 Å². The molecular formula is C14H30N2. The summed E-state index contributed by atoms with van der Waals surface area (Å²) in [5, 5.41) is 3.47. The Kier molecular flexibility index (Phi) is 5.77. The molecule has 1 aliphatic rings. The van der Waals surface area contributed by atoms with Gasteiger partial charge in [0.15, 0.2) is 0 Å². The maximum absolute atomic E-state index is 3.47. The second-order valence-corrected chi connectivity index (χ2v) is 5.55. The van der Waals surface area contributed by atoms with E-state index in [1.165, 1.54) is 51.6 Å². The summed E-state index contributed by atoms with van der Waals surface area (Å²) in [5.74, 6) is 0. The maximum atomic E-state index is 3.47. The first-order valence-corrected chi connectivity index (χ1v) is 7.08. The topological polar surface area (TPSA) is 15.3 Å². The van der Waals surface area contributed by atoms with Crippen LogP contribution in [0.25, 0.3) is 0 Å². The third kappa shape index (κ3) is 3.74. The number of likely N-dealkylation sites (tertiary alicyclic amines) is 1. The quantitative estimate of drug-likeness (QED) is 0.749. The Morgan fingerprint density at radius 3 is 2.31 bits per heavy atom. The van der Waals surface area contributed by atoms with E-state index < -0.39 is 0 Å². The van der Waals surface area contributed by atoms with Gasteiger partial charge in [-0.1, -0.05) is 26.7 Å². The molecule has 0 spiro atoms. The zero-order valence-electron chi connectivity index (χ0n) is 11.7. The highest BCUT2D eigenvalue weighted by Crippen LogP contribution is 2.24. The van der Waals surface area contributed by atoms with E-state index in [1.54, 1.807) is 0 Å². The zero-order valence-corrected chi connectivity index (χ0v) is 11.7. The van der Waals surface area contributed by atoms with Crippen molar-refractivity contribution in [2.75, 3.05) is 20.1 Å². The van der Waals surface area contributed by atoms with Crippen LogP contribution >= 0.6 is 0 Å². The molecule has 1 fully saturated rings. The SMILES string of the molecule is CCCCC(CC)N1CCC(C)(NC)CC1. The lowest BCUT2D eigenvalue weighted by atomic mass is 9.88. The van der Waals surface area contributed by atoms with Crippen molar-refractivity contribution in [1.82, 2.24) is 10.2 Å². The van der Waals surface area contributed by atoms with Crippen LogP contribution in [0.1, 0.15) is 59.3 Å². The van der Waals surface area contributed by atoms with Gasteiger partial charge in [-0.05, 0) is 39.7 Å². The number of nitrogens with one attached hydrogen (secondary N) is 1. The Balaban J connectivity index is 2.38. The summed E-state index contributed by atoms with van der Waals surface area (Å²) in [4.78, 5) is 2.72. The van der Waals surface area contributed by atoms with Gasteiger partial charge in [-0.3, -0.25) is 0 Å². The third-order valence-electron chi connectivity index (χ3n) is 4.38. The van der Waals surface area contributed by atoms with Crippen molar-refractivity contribution in [2.24, 2.45) is 0 Å². The van der Waals surface area contributed by atoms with Crippen molar-refractivity contribution in [1.29, 1.82) is 0 Å². The van der Waals surface area contributed by atoms with Gasteiger partial charge in [0.25, 0.3) is 0 Å². The molecule has 0 aromatic carbocycles. The first-order chi connectivity index (χ1) is 7.65. The fraction of sp³-hybridized carbons (Fsp3) is 1.00. The number of nitrogens with zero attached hydrogens (tertiary/aromatic N) is 1. The Labute approximate surface area is 102 Å². The van der Waals surface area contributed by atoms with Gasteiger partial charge < -0.3 is 10.2 Å². The van der Waals surface area contributed by atoms with E-state index in [1.807, 2.05) is 0 Å². The molecule has 0 bridgehead atoms. The Hall–Kier alpha value is -0.0800. The second kappa shape index (κ2) is 6.61. The first kappa shape index (κ1) is 14.0. The molecular weight excluding hydrogens is 196 g/mol. The lowest BCUT2D eigenvalue weighted by Crippen LogP contribution is -2.52. The molecule has 0 saturated carbocycles. The minimum Gasteiger partial charge on any atom is -0.314 e. The van der Waals surface area contributed by atoms with E-state index in [4.69, 9.17) is 0 Å². The van der Waals surface area contributed by atoms with Gasteiger partial charge in [-0.25, -0.2) is 0 Å². The summed E-state index contributed by atoms with van der Waals surface area (Å²) >= 11 is 0. The van der Waals surface area contributed by atoms with Crippen LogP contribution in [0.3, 0.4) is 0 Å². The summed E-state index contributed by atoms with van der Waals surface area (Å²) < 4.78 is 0. The average Bonchev–Trinajstić information content (AvgIpc) is 2.32. The molecule has 2 heteroatoms. The molecule has 0 aromatic rings. The zero-order chi connectivity index (χ0) is 12.0. The van der Waals surface area contributed by atoms with Crippen molar-refractivity contribution in [3.63, 3.8) is 0 Å². The highest BCUT2D eigenvalue weighted by Gasteiger charge is 2.30. The standard InChI is InChI=1S/C14H30N2/c1-5-7-8-13(6-2)16-11-9-14(3,15-4)10-12-16/h13,15H,5-12H2,1-4H3. The van der Waals surface area contributed by atoms with Crippen molar-refractivity contribution in [3.8, 4) is 0 Å². The van der Waals surface area contributed by atoms with E-state index >= 15 is 0 Å². The molecule has 96 valence electrons. The highest BCUT2D eigenvalue weighted by atomic mass is 15.2. The van der Waals surface area contributed by atoms with Crippen LogP contribution in [0.15, 0.2) is 0 Å². The smallest absolute Gasteiger partial charge is 0.0174 e. The van der Waals surface area contributed by atoms with Gasteiger partial charge in [0, 0.05) is 24.7 Å². The van der Waals surface area contributed by atoms with E-state index in [0.717, 1.165) is 6.04 Å². The Morgan fingerprint density at radius 2 is 1.88 bits per heavy atom. The molecule has 0 radical (unpaired) electrons. The Morgan fingerprint density at radius 1 is 1.25 bits per heavy atom. The van der Waals surface area contributed by atoms with Crippen LogP contribution in [-0.4, -0.2) is 36.6 Å². The molecule has 0 aliphatic carbocycles. The summed E-state index contributed by atoms with van der Waals surface area (Å²) in [7, 11) is 2.10. The fourth-order valence-electron chi connectivity index (χ4n) is 2.72. The van der Waals surface area contributed by atoms with Crippen LogP contribution in [-0.2, 0) is 0 Å². The molecule has 1 heterocycles. The van der Waals surface area contributed by atoms with Gasteiger partial charge in [0.2, 0.25) is 0 Å². The van der Waals surface area contributed by atoms with Crippen LogP contribution in [0.2, 0.25) is 0 Å². The summed E-state index contributed by atoms with van der Waals surface area (Å²) in [6.45, 7) is 9.55.